The van der Waals surface area contributed by atoms with Crippen LogP contribution in [0.5, 0.6) is 0 Å². The molecule has 0 aromatic heterocycles. The minimum Gasteiger partial charge on any atom is -0.0776 e. The van der Waals surface area contributed by atoms with Crippen LogP contribution in [0.3, 0.4) is 0 Å². The van der Waals surface area contributed by atoms with Crippen LogP contribution in [-0.2, 0) is 0 Å². The first-order chi connectivity index (χ1) is 4.43. The van der Waals surface area contributed by atoms with E-state index in [1.165, 1.54) is 6.42 Å². The zero-order valence-corrected chi connectivity index (χ0v) is 5.75. The summed E-state index contributed by atoms with van der Waals surface area (Å²) in [5, 5.41) is 0. The van der Waals surface area contributed by atoms with Gasteiger partial charge in [-0.3, -0.25) is 0 Å². The lowest BCUT2D eigenvalue weighted by atomic mass is 10.1. The maximum Gasteiger partial charge on any atom is -0.00499 e. The second kappa shape index (κ2) is 3.29. The molecule has 0 heteroatoms. The molecule has 48 valence electrons. The van der Waals surface area contributed by atoms with Crippen molar-refractivity contribution >= 4 is 0 Å². The summed E-state index contributed by atoms with van der Waals surface area (Å²) in [6.07, 6.45) is 14.0. The molecule has 0 aromatic rings. The molecular weight excluding hydrogens is 108 g/mol. The molecule has 1 rings (SSSR count). The molecule has 0 spiro atoms. The Kier molecular flexibility index (Phi) is 2.32. The quantitative estimate of drug-likeness (QED) is 0.499. The molecule has 0 nitrogen and oxygen atoms in total. The van der Waals surface area contributed by atoms with E-state index in [0.29, 0.717) is 5.92 Å². The molecule has 0 radical (unpaired) electrons. The highest BCUT2D eigenvalue weighted by molar-refractivity contribution is 5.18. The summed E-state index contributed by atoms with van der Waals surface area (Å²) >= 11 is 0. The van der Waals surface area contributed by atoms with Crippen LogP contribution in [0, 0.1) is 5.92 Å². The Morgan fingerprint density at radius 1 is 1.00 bits per heavy atom. The van der Waals surface area contributed by atoms with Crippen molar-refractivity contribution in [2.24, 2.45) is 5.92 Å². The van der Waals surface area contributed by atoms with Gasteiger partial charge in [-0.2, -0.15) is 0 Å². The lowest BCUT2D eigenvalue weighted by Gasteiger charge is -1.98. The van der Waals surface area contributed by atoms with E-state index in [2.05, 4.69) is 43.4 Å². The first-order valence-electron chi connectivity index (χ1n) is 3.45. The Bertz CT molecular complexity index is 133. The van der Waals surface area contributed by atoms with Gasteiger partial charge in [-0.05, 0) is 12.3 Å². The molecule has 0 aromatic carbocycles. The predicted octanol–water partition coefficient (Wildman–Crippen LogP) is 2.69. The van der Waals surface area contributed by atoms with Crippen LogP contribution < -0.4 is 0 Å². The first kappa shape index (κ1) is 6.34. The van der Waals surface area contributed by atoms with Gasteiger partial charge >= 0.3 is 0 Å². The second-order valence-corrected chi connectivity index (χ2v) is 2.23. The summed E-state index contributed by atoms with van der Waals surface area (Å²) in [6, 6.07) is 0. The van der Waals surface area contributed by atoms with Crippen molar-refractivity contribution in [3.05, 3.63) is 36.5 Å². The molecule has 9 heavy (non-hydrogen) atoms. The number of rotatable bonds is 1. The summed E-state index contributed by atoms with van der Waals surface area (Å²) in [4.78, 5) is 0. The number of hydrogen-bond acceptors (Lipinski definition) is 0. The molecule has 1 aliphatic rings. The van der Waals surface area contributed by atoms with Crippen molar-refractivity contribution < 1.29 is 0 Å². The molecule has 0 aliphatic heterocycles. The number of hydrogen-bond donors (Lipinski definition) is 0. The zero-order chi connectivity index (χ0) is 6.53. The predicted molar refractivity (Wildman–Crippen MR) is 41.2 cm³/mol. The number of allylic oxidation sites excluding steroid dienone is 6. The second-order valence-electron chi connectivity index (χ2n) is 2.23. The van der Waals surface area contributed by atoms with Crippen molar-refractivity contribution in [2.75, 3.05) is 0 Å². The van der Waals surface area contributed by atoms with E-state index in [-0.39, 0.29) is 0 Å². The molecule has 0 saturated carbocycles. The Labute approximate surface area is 56.6 Å². The van der Waals surface area contributed by atoms with E-state index in [1.54, 1.807) is 0 Å². The average Bonchev–Trinajstić information content (AvgIpc) is 2.13. The highest BCUT2D eigenvalue weighted by Crippen LogP contribution is 2.08. The topological polar surface area (TPSA) is 0 Å². The molecular formula is C9H12. The Hall–Kier alpha value is -0.780. The van der Waals surface area contributed by atoms with Crippen molar-refractivity contribution in [3.63, 3.8) is 0 Å². The van der Waals surface area contributed by atoms with E-state index >= 15 is 0 Å². The largest absolute Gasteiger partial charge is 0.0776 e. The minimum absolute atomic E-state index is 0.653. The molecule has 0 heterocycles. The van der Waals surface area contributed by atoms with Crippen LogP contribution in [0.2, 0.25) is 0 Å². The highest BCUT2D eigenvalue weighted by atomic mass is 14.0. The van der Waals surface area contributed by atoms with Crippen LogP contribution in [0.1, 0.15) is 13.3 Å². The van der Waals surface area contributed by atoms with Gasteiger partial charge in [-0.1, -0.05) is 43.4 Å². The normalized spacial score (nSPS) is 18.3. The smallest absolute Gasteiger partial charge is 0.00499 e. The molecule has 0 amide bonds. The maximum absolute atomic E-state index is 2.22. The van der Waals surface area contributed by atoms with Crippen molar-refractivity contribution in [1.29, 1.82) is 0 Å². The van der Waals surface area contributed by atoms with Crippen molar-refractivity contribution in [1.82, 2.24) is 0 Å². The highest BCUT2D eigenvalue weighted by Gasteiger charge is 1.93. The molecule has 0 N–H and O–H groups in total. The molecule has 0 unspecified atom stereocenters. The van der Waals surface area contributed by atoms with Crippen molar-refractivity contribution in [2.45, 2.75) is 13.3 Å². The summed E-state index contributed by atoms with van der Waals surface area (Å²) in [6.45, 7) is 2.20. The van der Waals surface area contributed by atoms with Gasteiger partial charge in [0.2, 0.25) is 0 Å². The molecule has 0 bridgehead atoms. The Balaban J connectivity index is 2.58. The summed E-state index contributed by atoms with van der Waals surface area (Å²) < 4.78 is 0. The van der Waals surface area contributed by atoms with Crippen LogP contribution in [0.25, 0.3) is 0 Å². The summed E-state index contributed by atoms with van der Waals surface area (Å²) in [7, 11) is 0. The van der Waals surface area contributed by atoms with Gasteiger partial charge in [0.25, 0.3) is 0 Å². The average molecular weight is 120 g/mol. The minimum atomic E-state index is 0.653. The van der Waals surface area contributed by atoms with Crippen LogP contribution in [0.4, 0.5) is 0 Å². The van der Waals surface area contributed by atoms with E-state index in [1.807, 2.05) is 0 Å². The molecule has 0 atom stereocenters. The molecule has 0 saturated heterocycles. The van der Waals surface area contributed by atoms with E-state index in [0.717, 1.165) is 0 Å². The van der Waals surface area contributed by atoms with Crippen LogP contribution in [-0.4, -0.2) is 0 Å². The summed E-state index contributed by atoms with van der Waals surface area (Å²) in [5.41, 5.74) is 0. The lowest BCUT2D eigenvalue weighted by molar-refractivity contribution is 0.775. The van der Waals surface area contributed by atoms with E-state index in [4.69, 9.17) is 0 Å². The van der Waals surface area contributed by atoms with Crippen molar-refractivity contribution in [3.8, 4) is 0 Å². The maximum atomic E-state index is 2.22. The van der Waals surface area contributed by atoms with Crippen LogP contribution >= 0.6 is 0 Å². The van der Waals surface area contributed by atoms with Gasteiger partial charge in [0.05, 0.1) is 0 Å². The van der Waals surface area contributed by atoms with Gasteiger partial charge < -0.3 is 0 Å². The fourth-order valence-corrected chi connectivity index (χ4v) is 0.878. The van der Waals surface area contributed by atoms with Gasteiger partial charge in [-0.25, -0.2) is 0 Å². The summed E-state index contributed by atoms with van der Waals surface area (Å²) in [5.74, 6) is 0.653. The molecule has 0 fully saturated rings. The third-order valence-electron chi connectivity index (χ3n) is 1.52. The van der Waals surface area contributed by atoms with Gasteiger partial charge in [0, 0.05) is 0 Å². The fourth-order valence-electron chi connectivity index (χ4n) is 0.878. The monoisotopic (exact) mass is 120 g/mol. The third-order valence-corrected chi connectivity index (χ3v) is 1.52. The van der Waals surface area contributed by atoms with E-state index < -0.39 is 0 Å². The van der Waals surface area contributed by atoms with Gasteiger partial charge in [-0.15, -0.1) is 0 Å². The van der Waals surface area contributed by atoms with Gasteiger partial charge in [0.1, 0.15) is 0 Å². The SMILES string of the molecule is CCC1C=CC=CC=C1. The Morgan fingerprint density at radius 3 is 2.00 bits per heavy atom. The van der Waals surface area contributed by atoms with Gasteiger partial charge in [0.15, 0.2) is 0 Å². The fraction of sp³-hybridized carbons (Fsp3) is 0.333. The standard InChI is InChI=1S/C9H12/c1-2-9-7-5-3-4-6-8-9/h3-9H,2H2,1H3. The zero-order valence-electron chi connectivity index (χ0n) is 5.75. The lowest BCUT2D eigenvalue weighted by Crippen LogP contribution is -1.85. The Morgan fingerprint density at radius 2 is 1.56 bits per heavy atom. The third kappa shape index (κ3) is 1.88. The van der Waals surface area contributed by atoms with E-state index in [9.17, 15) is 0 Å². The first-order valence-corrected chi connectivity index (χ1v) is 3.45. The molecule has 1 aliphatic carbocycles. The van der Waals surface area contributed by atoms with Crippen LogP contribution in [0.15, 0.2) is 36.5 Å².